The molecule has 5 nitrogen and oxygen atoms in total. The number of furan rings is 1. The second-order valence-corrected chi connectivity index (χ2v) is 5.19. The molecule has 1 amide bonds. The number of aryl methyl sites for hydroxylation is 1. The quantitative estimate of drug-likeness (QED) is 0.751. The summed E-state index contributed by atoms with van der Waals surface area (Å²) in [6, 6.07) is 14.8. The Morgan fingerprint density at radius 1 is 1.13 bits per heavy atom. The van der Waals surface area contributed by atoms with Gasteiger partial charge in [-0.1, -0.05) is 17.7 Å². The highest BCUT2D eigenvalue weighted by molar-refractivity contribution is 6.04. The number of hydrogen-bond donors (Lipinski definition) is 2. The first-order valence-electron chi connectivity index (χ1n) is 7.31. The molecule has 0 atom stereocenters. The molecule has 0 spiro atoms. The van der Waals surface area contributed by atoms with Gasteiger partial charge in [-0.05, 0) is 43.3 Å². The van der Waals surface area contributed by atoms with E-state index in [1.54, 1.807) is 24.6 Å². The van der Waals surface area contributed by atoms with Gasteiger partial charge in [-0.15, -0.1) is 0 Å². The minimum atomic E-state index is -0.150. The van der Waals surface area contributed by atoms with Crippen LogP contribution in [0.15, 0.2) is 65.4 Å². The summed E-state index contributed by atoms with van der Waals surface area (Å²) in [5.41, 5.74) is 2.39. The normalized spacial score (nSPS) is 10.3. The van der Waals surface area contributed by atoms with Crippen LogP contribution in [-0.2, 0) is 6.54 Å². The van der Waals surface area contributed by atoms with Crippen molar-refractivity contribution in [2.75, 3.05) is 10.6 Å². The van der Waals surface area contributed by atoms with Crippen LogP contribution in [0.3, 0.4) is 0 Å². The van der Waals surface area contributed by atoms with Gasteiger partial charge in [0.05, 0.1) is 24.7 Å². The zero-order chi connectivity index (χ0) is 16.1. The Morgan fingerprint density at radius 3 is 2.61 bits per heavy atom. The second kappa shape index (κ2) is 6.79. The molecule has 116 valence electrons. The number of amides is 1. The molecule has 3 rings (SSSR count). The Kier molecular flexibility index (Phi) is 4.38. The molecule has 23 heavy (non-hydrogen) atoms. The molecular formula is C18H17N3O2. The third-order valence-electron chi connectivity index (χ3n) is 3.36. The number of carbonyl (C=O) groups excluding carboxylic acids is 1. The highest BCUT2D eigenvalue weighted by Gasteiger charge is 2.06. The van der Waals surface area contributed by atoms with Crippen LogP contribution in [0, 0.1) is 6.92 Å². The van der Waals surface area contributed by atoms with Crippen molar-refractivity contribution in [3.8, 4) is 0 Å². The maximum atomic E-state index is 12.1. The summed E-state index contributed by atoms with van der Waals surface area (Å²) in [6.45, 7) is 2.55. The molecule has 0 fully saturated rings. The van der Waals surface area contributed by atoms with Crippen LogP contribution in [0.5, 0.6) is 0 Å². The highest BCUT2D eigenvalue weighted by Crippen LogP contribution is 2.13. The SMILES string of the molecule is Cc1ccc(C(=O)Nc2ccc(NCc3ccco3)nc2)cc1. The third-order valence-corrected chi connectivity index (χ3v) is 3.36. The van der Waals surface area contributed by atoms with Crippen molar-refractivity contribution in [2.45, 2.75) is 13.5 Å². The largest absolute Gasteiger partial charge is 0.467 e. The lowest BCUT2D eigenvalue weighted by Gasteiger charge is -2.07. The van der Waals surface area contributed by atoms with E-state index in [2.05, 4.69) is 15.6 Å². The van der Waals surface area contributed by atoms with Gasteiger partial charge in [0, 0.05) is 5.56 Å². The molecule has 0 radical (unpaired) electrons. The number of benzene rings is 1. The summed E-state index contributed by atoms with van der Waals surface area (Å²) < 4.78 is 5.24. The number of nitrogens with zero attached hydrogens (tertiary/aromatic N) is 1. The maximum Gasteiger partial charge on any atom is 0.255 e. The van der Waals surface area contributed by atoms with E-state index in [1.165, 1.54) is 0 Å². The fourth-order valence-electron chi connectivity index (χ4n) is 2.07. The number of rotatable bonds is 5. The van der Waals surface area contributed by atoms with Gasteiger partial charge in [-0.3, -0.25) is 4.79 Å². The summed E-state index contributed by atoms with van der Waals surface area (Å²) in [4.78, 5) is 16.4. The number of aromatic nitrogens is 1. The summed E-state index contributed by atoms with van der Waals surface area (Å²) in [5.74, 6) is 1.40. The van der Waals surface area contributed by atoms with Crippen molar-refractivity contribution in [1.82, 2.24) is 4.98 Å². The molecule has 2 N–H and O–H groups in total. The third kappa shape index (κ3) is 3.97. The van der Waals surface area contributed by atoms with Crippen LogP contribution in [0.2, 0.25) is 0 Å². The smallest absolute Gasteiger partial charge is 0.255 e. The lowest BCUT2D eigenvalue weighted by molar-refractivity contribution is 0.102. The average Bonchev–Trinajstić information content (AvgIpc) is 3.08. The minimum Gasteiger partial charge on any atom is -0.467 e. The molecule has 3 aromatic rings. The van der Waals surface area contributed by atoms with Crippen molar-refractivity contribution >= 4 is 17.4 Å². The van der Waals surface area contributed by atoms with Crippen molar-refractivity contribution in [1.29, 1.82) is 0 Å². The van der Waals surface area contributed by atoms with Gasteiger partial charge < -0.3 is 15.1 Å². The van der Waals surface area contributed by atoms with Crippen molar-refractivity contribution < 1.29 is 9.21 Å². The second-order valence-electron chi connectivity index (χ2n) is 5.19. The zero-order valence-electron chi connectivity index (χ0n) is 12.7. The summed E-state index contributed by atoms with van der Waals surface area (Å²) in [5, 5.41) is 5.97. The summed E-state index contributed by atoms with van der Waals surface area (Å²) >= 11 is 0. The Morgan fingerprint density at radius 2 is 1.96 bits per heavy atom. The molecule has 0 aliphatic rings. The van der Waals surface area contributed by atoms with Gasteiger partial charge in [0.2, 0.25) is 0 Å². The molecule has 5 heteroatoms. The molecular weight excluding hydrogens is 290 g/mol. The molecule has 0 saturated heterocycles. The first-order valence-corrected chi connectivity index (χ1v) is 7.31. The predicted octanol–water partition coefficient (Wildman–Crippen LogP) is 3.85. The fraction of sp³-hybridized carbons (Fsp3) is 0.111. The van der Waals surface area contributed by atoms with Gasteiger partial charge in [-0.2, -0.15) is 0 Å². The molecule has 2 heterocycles. The maximum absolute atomic E-state index is 12.1. The van der Waals surface area contributed by atoms with E-state index < -0.39 is 0 Å². The predicted molar refractivity (Wildman–Crippen MR) is 89.4 cm³/mol. The van der Waals surface area contributed by atoms with E-state index in [-0.39, 0.29) is 5.91 Å². The first kappa shape index (κ1) is 14.8. The van der Waals surface area contributed by atoms with Crippen molar-refractivity contribution in [3.63, 3.8) is 0 Å². The van der Waals surface area contributed by atoms with E-state index in [4.69, 9.17) is 4.42 Å². The number of nitrogens with one attached hydrogen (secondary N) is 2. The van der Waals surface area contributed by atoms with E-state index in [9.17, 15) is 4.79 Å². The van der Waals surface area contributed by atoms with Crippen LogP contribution in [0.25, 0.3) is 0 Å². The van der Waals surface area contributed by atoms with E-state index in [1.807, 2.05) is 43.3 Å². The van der Waals surface area contributed by atoms with Gasteiger partial charge in [-0.25, -0.2) is 4.98 Å². The Labute approximate surface area is 134 Å². The topological polar surface area (TPSA) is 67.2 Å². The summed E-state index contributed by atoms with van der Waals surface area (Å²) in [6.07, 6.45) is 3.25. The van der Waals surface area contributed by atoms with Crippen LogP contribution in [-0.4, -0.2) is 10.9 Å². The average molecular weight is 307 g/mol. The van der Waals surface area contributed by atoms with Crippen molar-refractivity contribution in [2.24, 2.45) is 0 Å². The van der Waals surface area contributed by atoms with Gasteiger partial charge in [0.1, 0.15) is 11.6 Å². The zero-order valence-corrected chi connectivity index (χ0v) is 12.7. The van der Waals surface area contributed by atoms with E-state index >= 15 is 0 Å². The van der Waals surface area contributed by atoms with Crippen LogP contribution < -0.4 is 10.6 Å². The number of carbonyl (C=O) groups is 1. The molecule has 1 aromatic carbocycles. The molecule has 2 aromatic heterocycles. The molecule has 0 aliphatic heterocycles. The Balaban J connectivity index is 1.58. The van der Waals surface area contributed by atoms with Crippen LogP contribution in [0.1, 0.15) is 21.7 Å². The lowest BCUT2D eigenvalue weighted by atomic mass is 10.1. The minimum absolute atomic E-state index is 0.150. The monoisotopic (exact) mass is 307 g/mol. The van der Waals surface area contributed by atoms with Crippen molar-refractivity contribution in [3.05, 3.63) is 77.9 Å². The van der Waals surface area contributed by atoms with Gasteiger partial charge in [0.25, 0.3) is 5.91 Å². The van der Waals surface area contributed by atoms with Gasteiger partial charge >= 0.3 is 0 Å². The van der Waals surface area contributed by atoms with Crippen LogP contribution >= 0.6 is 0 Å². The molecule has 0 saturated carbocycles. The standard InChI is InChI=1S/C18H17N3O2/c1-13-4-6-14(7-5-13)18(22)21-15-8-9-17(19-11-15)20-12-16-3-2-10-23-16/h2-11H,12H2,1H3,(H,19,20)(H,21,22). The number of hydrogen-bond acceptors (Lipinski definition) is 4. The number of pyridine rings is 1. The van der Waals surface area contributed by atoms with Crippen LogP contribution in [0.4, 0.5) is 11.5 Å². The summed E-state index contributed by atoms with van der Waals surface area (Å²) in [7, 11) is 0. The van der Waals surface area contributed by atoms with E-state index in [0.29, 0.717) is 17.8 Å². The molecule has 0 unspecified atom stereocenters. The number of anilines is 2. The lowest BCUT2D eigenvalue weighted by Crippen LogP contribution is -2.12. The molecule has 0 aliphatic carbocycles. The van der Waals surface area contributed by atoms with Gasteiger partial charge in [0.15, 0.2) is 0 Å². The highest BCUT2D eigenvalue weighted by atomic mass is 16.3. The molecule has 0 bridgehead atoms. The Hall–Kier alpha value is -3.08. The van der Waals surface area contributed by atoms with E-state index in [0.717, 1.165) is 17.1 Å². The Bertz CT molecular complexity index is 763. The first-order chi connectivity index (χ1) is 11.2. The fourth-order valence-corrected chi connectivity index (χ4v) is 2.07.